The molecule has 0 N–H and O–H groups in total. The van der Waals surface area contributed by atoms with Crippen LogP contribution in [0.5, 0.6) is 0 Å². The van der Waals surface area contributed by atoms with Gasteiger partial charge in [-0.2, -0.15) is 0 Å². The van der Waals surface area contributed by atoms with Crippen LogP contribution in [0.2, 0.25) is 0 Å². The summed E-state index contributed by atoms with van der Waals surface area (Å²) < 4.78 is 42.1. The average molecular weight is 401 g/mol. The van der Waals surface area contributed by atoms with Gasteiger partial charge in [-0.3, -0.25) is 0 Å². The molecule has 0 aliphatic rings. The third kappa shape index (κ3) is 30.6. The van der Waals surface area contributed by atoms with Crippen LogP contribution in [0.15, 0.2) is 0 Å². The quantitative estimate of drug-likeness (QED) is 0.242. The van der Waals surface area contributed by atoms with Gasteiger partial charge in [0.05, 0.1) is 58.5 Å². The van der Waals surface area contributed by atoms with E-state index in [1.54, 1.807) is 0 Å². The topological polar surface area (TPSA) is 73.8 Å². The summed E-state index contributed by atoms with van der Waals surface area (Å²) in [6, 6.07) is 0. The molecular formula is C19H44O8. The Kier molecular flexibility index (Phi) is 27.6. The first-order valence-corrected chi connectivity index (χ1v) is 8.74. The van der Waals surface area contributed by atoms with Gasteiger partial charge in [0, 0.05) is 6.61 Å². The fourth-order valence-electron chi connectivity index (χ4n) is 1.43. The fourth-order valence-corrected chi connectivity index (χ4v) is 1.43. The Labute approximate surface area is 166 Å². The number of hydrogen-bond acceptors (Lipinski definition) is 8. The third-order valence-electron chi connectivity index (χ3n) is 2.58. The van der Waals surface area contributed by atoms with Gasteiger partial charge < -0.3 is 37.9 Å². The zero-order valence-corrected chi connectivity index (χ0v) is 16.3. The zero-order chi connectivity index (χ0) is 18.6. The average Bonchev–Trinajstić information content (AvgIpc) is 2.56. The van der Waals surface area contributed by atoms with Gasteiger partial charge in [-0.15, -0.1) is 0 Å². The van der Waals surface area contributed by atoms with Crippen molar-refractivity contribution in [2.75, 3.05) is 79.8 Å². The highest BCUT2D eigenvalue weighted by Crippen LogP contribution is 2.05. The molecule has 0 amide bonds. The first-order chi connectivity index (χ1) is 12.1. The van der Waals surface area contributed by atoms with Crippen molar-refractivity contribution in [3.63, 3.8) is 0 Å². The monoisotopic (exact) mass is 400 g/mol. The lowest BCUT2D eigenvalue weighted by Crippen LogP contribution is -2.22. The van der Waals surface area contributed by atoms with E-state index in [0.717, 1.165) is 0 Å². The summed E-state index contributed by atoms with van der Waals surface area (Å²) in [7, 11) is 0. The standard InChI is InChI=1S/C17H36O8.2CH4/c1-5-18-6-7-19-14-20-8-9-21-15-22-10-11-23-16-24-12-13-25-17(2,3)4;;/h5-16H2,1-4H3;2*1H4. The summed E-state index contributed by atoms with van der Waals surface area (Å²) in [5, 5.41) is 0. The van der Waals surface area contributed by atoms with Crippen molar-refractivity contribution >= 4 is 0 Å². The molecule has 0 aromatic carbocycles. The largest absolute Gasteiger partial charge is 0.379 e. The molecule has 0 heterocycles. The van der Waals surface area contributed by atoms with Crippen molar-refractivity contribution in [1.82, 2.24) is 0 Å². The molecule has 0 aromatic rings. The maximum Gasteiger partial charge on any atom is 0.146 e. The lowest BCUT2D eigenvalue weighted by molar-refractivity contribution is -0.122. The minimum Gasteiger partial charge on any atom is -0.379 e. The van der Waals surface area contributed by atoms with E-state index in [4.69, 9.17) is 37.9 Å². The summed E-state index contributed by atoms with van der Waals surface area (Å²) in [5.74, 6) is 0. The predicted molar refractivity (Wildman–Crippen MR) is 106 cm³/mol. The highest BCUT2D eigenvalue weighted by Gasteiger charge is 2.08. The Bertz CT molecular complexity index is 259. The lowest BCUT2D eigenvalue weighted by Gasteiger charge is -2.19. The Morgan fingerprint density at radius 3 is 1.07 bits per heavy atom. The lowest BCUT2D eigenvalue weighted by atomic mass is 10.2. The first-order valence-electron chi connectivity index (χ1n) is 8.74. The minimum atomic E-state index is -0.139. The van der Waals surface area contributed by atoms with E-state index in [1.807, 2.05) is 27.7 Å². The molecule has 0 aliphatic carbocycles. The Balaban J connectivity index is -0.00000288. The molecule has 0 saturated heterocycles. The summed E-state index contributed by atoms with van der Waals surface area (Å²) >= 11 is 0. The van der Waals surface area contributed by atoms with E-state index >= 15 is 0 Å². The second-order valence-electron chi connectivity index (χ2n) is 5.96. The zero-order valence-electron chi connectivity index (χ0n) is 16.3. The van der Waals surface area contributed by atoms with E-state index in [0.29, 0.717) is 59.5 Å². The Morgan fingerprint density at radius 1 is 0.481 bits per heavy atom. The van der Waals surface area contributed by atoms with Crippen LogP contribution in [0.25, 0.3) is 0 Å². The van der Waals surface area contributed by atoms with E-state index < -0.39 is 0 Å². The van der Waals surface area contributed by atoms with Gasteiger partial charge in [0.2, 0.25) is 0 Å². The summed E-state index contributed by atoms with van der Waals surface area (Å²) in [4.78, 5) is 0. The van der Waals surface area contributed by atoms with Gasteiger partial charge in [-0.05, 0) is 27.7 Å². The van der Waals surface area contributed by atoms with Crippen molar-refractivity contribution in [3.8, 4) is 0 Å². The fraction of sp³-hybridized carbons (Fsp3) is 1.00. The maximum absolute atomic E-state index is 5.51. The smallest absolute Gasteiger partial charge is 0.146 e. The summed E-state index contributed by atoms with van der Waals surface area (Å²) in [6.07, 6.45) is 0. The van der Waals surface area contributed by atoms with Crippen molar-refractivity contribution in [2.24, 2.45) is 0 Å². The molecule has 8 heteroatoms. The molecule has 0 radical (unpaired) electrons. The molecule has 0 unspecified atom stereocenters. The van der Waals surface area contributed by atoms with Crippen molar-refractivity contribution in [1.29, 1.82) is 0 Å². The van der Waals surface area contributed by atoms with E-state index in [9.17, 15) is 0 Å². The number of hydrogen-bond donors (Lipinski definition) is 0. The second kappa shape index (κ2) is 23.7. The van der Waals surface area contributed by atoms with Crippen LogP contribution in [0.3, 0.4) is 0 Å². The summed E-state index contributed by atoms with van der Waals surface area (Å²) in [5.41, 5.74) is -0.139. The third-order valence-corrected chi connectivity index (χ3v) is 2.58. The number of ether oxygens (including phenoxy) is 8. The summed E-state index contributed by atoms with van der Waals surface area (Å²) in [6.45, 7) is 13.3. The molecule has 168 valence electrons. The van der Waals surface area contributed by atoms with Gasteiger partial charge in [-0.1, -0.05) is 14.9 Å². The SMILES string of the molecule is C.C.CCOCCOCOCCOCOCCOCOCCOC(C)(C)C. The van der Waals surface area contributed by atoms with Gasteiger partial charge >= 0.3 is 0 Å². The molecular weight excluding hydrogens is 356 g/mol. The molecule has 0 fully saturated rings. The van der Waals surface area contributed by atoms with Crippen LogP contribution in [0.1, 0.15) is 42.5 Å². The van der Waals surface area contributed by atoms with Crippen molar-refractivity contribution in [3.05, 3.63) is 0 Å². The van der Waals surface area contributed by atoms with Gasteiger partial charge in [0.15, 0.2) is 0 Å². The highest BCUT2D eigenvalue weighted by atomic mass is 16.7. The molecule has 0 rings (SSSR count). The maximum atomic E-state index is 5.51. The molecule has 0 spiro atoms. The van der Waals surface area contributed by atoms with Gasteiger partial charge in [0.1, 0.15) is 20.4 Å². The van der Waals surface area contributed by atoms with Crippen LogP contribution in [0.4, 0.5) is 0 Å². The van der Waals surface area contributed by atoms with Crippen LogP contribution in [-0.4, -0.2) is 85.4 Å². The van der Waals surface area contributed by atoms with Crippen LogP contribution >= 0.6 is 0 Å². The normalized spacial score (nSPS) is 11.1. The van der Waals surface area contributed by atoms with E-state index in [-0.39, 0.29) is 40.8 Å². The predicted octanol–water partition coefficient (Wildman–Crippen LogP) is 3.08. The highest BCUT2D eigenvalue weighted by molar-refractivity contribution is 4.57. The minimum absolute atomic E-state index is 0. The number of rotatable bonds is 19. The molecule has 0 atom stereocenters. The van der Waals surface area contributed by atoms with E-state index in [2.05, 4.69) is 0 Å². The van der Waals surface area contributed by atoms with Crippen LogP contribution in [0, 0.1) is 0 Å². The van der Waals surface area contributed by atoms with Crippen LogP contribution in [-0.2, 0) is 37.9 Å². The van der Waals surface area contributed by atoms with Gasteiger partial charge in [-0.25, -0.2) is 0 Å². The Morgan fingerprint density at radius 2 is 0.778 bits per heavy atom. The molecule has 0 bridgehead atoms. The molecule has 27 heavy (non-hydrogen) atoms. The van der Waals surface area contributed by atoms with Crippen LogP contribution < -0.4 is 0 Å². The van der Waals surface area contributed by atoms with Gasteiger partial charge in [0.25, 0.3) is 0 Å². The second-order valence-corrected chi connectivity index (χ2v) is 5.96. The van der Waals surface area contributed by atoms with Crippen molar-refractivity contribution in [2.45, 2.75) is 48.1 Å². The molecule has 0 aromatic heterocycles. The molecule has 0 aliphatic heterocycles. The van der Waals surface area contributed by atoms with E-state index in [1.165, 1.54) is 0 Å². The molecule has 8 nitrogen and oxygen atoms in total. The first kappa shape index (κ1) is 31.4. The Hall–Kier alpha value is -0.320. The molecule has 0 saturated carbocycles. The van der Waals surface area contributed by atoms with Crippen molar-refractivity contribution < 1.29 is 37.9 Å².